The van der Waals surface area contributed by atoms with E-state index in [1.807, 2.05) is 0 Å². The molecule has 0 aromatic heterocycles. The summed E-state index contributed by atoms with van der Waals surface area (Å²) in [6, 6.07) is -2.08. The molecule has 0 aliphatic heterocycles. The van der Waals surface area contributed by atoms with Gasteiger partial charge in [-0.05, 0) is 6.42 Å². The molecule has 78 valence electrons. The SMILES string of the molecule is NC(CC(N)C(=O)O)CP(=O)(O)O. The molecule has 0 rings (SSSR count). The van der Waals surface area contributed by atoms with Crippen molar-refractivity contribution >= 4 is 13.6 Å². The molecule has 2 atom stereocenters. The molecule has 0 radical (unpaired) electrons. The van der Waals surface area contributed by atoms with E-state index in [1.165, 1.54) is 0 Å². The van der Waals surface area contributed by atoms with E-state index in [2.05, 4.69) is 0 Å². The number of carboxylic acid groups (broad SMARTS) is 1. The molecule has 13 heavy (non-hydrogen) atoms. The van der Waals surface area contributed by atoms with Gasteiger partial charge in [-0.3, -0.25) is 9.36 Å². The lowest BCUT2D eigenvalue weighted by molar-refractivity contribution is -0.138. The number of carbonyl (C=O) groups is 1. The predicted octanol–water partition coefficient (Wildman–Crippen LogP) is -1.71. The highest BCUT2D eigenvalue weighted by Gasteiger charge is 2.22. The van der Waals surface area contributed by atoms with Crippen molar-refractivity contribution < 1.29 is 24.3 Å². The summed E-state index contributed by atoms with van der Waals surface area (Å²) >= 11 is 0. The van der Waals surface area contributed by atoms with Gasteiger partial charge in [-0.1, -0.05) is 0 Å². The molecule has 0 aromatic carbocycles. The molecule has 0 spiro atoms. The van der Waals surface area contributed by atoms with Crippen LogP contribution in [0.25, 0.3) is 0 Å². The first-order valence-electron chi connectivity index (χ1n) is 3.51. The van der Waals surface area contributed by atoms with Crippen LogP contribution < -0.4 is 11.5 Å². The van der Waals surface area contributed by atoms with E-state index in [0.29, 0.717) is 0 Å². The molecule has 0 aromatic rings. The number of carboxylic acids is 1. The zero-order valence-electron chi connectivity index (χ0n) is 6.83. The molecular formula is C5H13N2O5P. The Balaban J connectivity index is 3.95. The standard InChI is InChI=1S/C5H13N2O5P/c6-3(2-13(10,11)12)1-4(7)5(8)9/h3-4H,1-2,6-7H2,(H,8,9)(H2,10,11,12). The second kappa shape index (κ2) is 4.69. The summed E-state index contributed by atoms with van der Waals surface area (Å²) in [6.07, 6.45) is -0.700. The second-order valence-corrected chi connectivity index (χ2v) is 4.48. The number of hydrogen-bond acceptors (Lipinski definition) is 4. The van der Waals surface area contributed by atoms with Gasteiger partial charge in [0.15, 0.2) is 0 Å². The van der Waals surface area contributed by atoms with E-state index in [0.717, 1.165) is 0 Å². The highest BCUT2D eigenvalue weighted by atomic mass is 31.2. The first-order chi connectivity index (χ1) is 5.72. The van der Waals surface area contributed by atoms with Gasteiger partial charge in [-0.25, -0.2) is 0 Å². The largest absolute Gasteiger partial charge is 0.480 e. The molecule has 0 heterocycles. The molecule has 0 fully saturated rings. The zero-order chi connectivity index (χ0) is 10.6. The number of aliphatic carboxylic acids is 1. The molecule has 0 aliphatic carbocycles. The average Bonchev–Trinajstić information content (AvgIpc) is 1.81. The van der Waals surface area contributed by atoms with Crippen molar-refractivity contribution in [1.29, 1.82) is 0 Å². The van der Waals surface area contributed by atoms with Crippen LogP contribution in [0.3, 0.4) is 0 Å². The monoisotopic (exact) mass is 212 g/mol. The van der Waals surface area contributed by atoms with Crippen molar-refractivity contribution in [2.45, 2.75) is 18.5 Å². The van der Waals surface area contributed by atoms with Crippen LogP contribution >= 0.6 is 7.60 Å². The quantitative estimate of drug-likeness (QED) is 0.341. The first-order valence-corrected chi connectivity index (χ1v) is 5.30. The Morgan fingerprint density at radius 3 is 2.15 bits per heavy atom. The first kappa shape index (κ1) is 12.5. The highest BCUT2D eigenvalue weighted by Crippen LogP contribution is 2.35. The number of rotatable bonds is 5. The molecule has 0 saturated heterocycles. The normalized spacial score (nSPS) is 16.6. The van der Waals surface area contributed by atoms with Crippen LogP contribution in [0.4, 0.5) is 0 Å². The van der Waals surface area contributed by atoms with Crippen LogP contribution in [0.15, 0.2) is 0 Å². The van der Waals surface area contributed by atoms with Crippen LogP contribution in [0, 0.1) is 0 Å². The molecule has 0 amide bonds. The molecule has 0 bridgehead atoms. The summed E-state index contributed by atoms with van der Waals surface area (Å²) in [5, 5.41) is 8.35. The van der Waals surface area contributed by atoms with Crippen molar-refractivity contribution in [3.63, 3.8) is 0 Å². The summed E-state index contributed by atoms with van der Waals surface area (Å²) in [7, 11) is -4.18. The Morgan fingerprint density at radius 2 is 1.85 bits per heavy atom. The van der Waals surface area contributed by atoms with Gasteiger partial charge in [-0.15, -0.1) is 0 Å². The van der Waals surface area contributed by atoms with Gasteiger partial charge >= 0.3 is 13.6 Å². The predicted molar refractivity (Wildman–Crippen MR) is 45.1 cm³/mol. The lowest BCUT2D eigenvalue weighted by Gasteiger charge is -2.14. The summed E-state index contributed by atoms with van der Waals surface area (Å²) in [5.41, 5.74) is 10.4. The average molecular weight is 212 g/mol. The fraction of sp³-hybridized carbons (Fsp3) is 0.800. The minimum absolute atomic E-state index is 0.152. The third-order valence-electron chi connectivity index (χ3n) is 1.35. The second-order valence-electron chi connectivity index (χ2n) is 2.79. The van der Waals surface area contributed by atoms with Crippen LogP contribution in [0.2, 0.25) is 0 Å². The van der Waals surface area contributed by atoms with Crippen molar-refractivity contribution in [1.82, 2.24) is 0 Å². The van der Waals surface area contributed by atoms with E-state index in [4.69, 9.17) is 26.4 Å². The zero-order valence-corrected chi connectivity index (χ0v) is 7.72. The third kappa shape index (κ3) is 6.68. The number of nitrogens with two attached hydrogens (primary N) is 2. The van der Waals surface area contributed by atoms with Gasteiger partial charge in [0.25, 0.3) is 0 Å². The lowest BCUT2D eigenvalue weighted by Crippen LogP contribution is -2.38. The summed E-state index contributed by atoms with van der Waals surface area (Å²) < 4.78 is 10.4. The minimum Gasteiger partial charge on any atom is -0.480 e. The third-order valence-corrected chi connectivity index (χ3v) is 2.29. The van der Waals surface area contributed by atoms with E-state index in [9.17, 15) is 9.36 Å². The van der Waals surface area contributed by atoms with E-state index < -0.39 is 31.8 Å². The Labute approximate surface area is 74.9 Å². The van der Waals surface area contributed by atoms with Gasteiger partial charge in [-0.2, -0.15) is 0 Å². The van der Waals surface area contributed by atoms with Gasteiger partial charge in [0.05, 0.1) is 6.16 Å². The Hall–Kier alpha value is -0.460. The maximum Gasteiger partial charge on any atom is 0.327 e. The van der Waals surface area contributed by atoms with Crippen LogP contribution in [0.5, 0.6) is 0 Å². The Kier molecular flexibility index (Phi) is 4.52. The van der Waals surface area contributed by atoms with Crippen molar-refractivity contribution in [2.24, 2.45) is 11.5 Å². The summed E-state index contributed by atoms with van der Waals surface area (Å²) in [5.74, 6) is -1.24. The van der Waals surface area contributed by atoms with Crippen molar-refractivity contribution in [3.05, 3.63) is 0 Å². The Bertz CT molecular complexity index is 227. The summed E-state index contributed by atoms with van der Waals surface area (Å²) in [4.78, 5) is 27.2. The molecule has 8 heteroatoms. The Morgan fingerprint density at radius 1 is 1.38 bits per heavy atom. The molecule has 7 N–H and O–H groups in total. The molecular weight excluding hydrogens is 199 g/mol. The maximum absolute atomic E-state index is 10.4. The molecule has 2 unspecified atom stereocenters. The molecule has 0 aliphatic rings. The minimum atomic E-state index is -4.18. The van der Waals surface area contributed by atoms with Crippen LogP contribution in [-0.4, -0.2) is 39.1 Å². The van der Waals surface area contributed by atoms with E-state index >= 15 is 0 Å². The topological polar surface area (TPSA) is 147 Å². The van der Waals surface area contributed by atoms with Gasteiger partial charge in [0.1, 0.15) is 6.04 Å². The van der Waals surface area contributed by atoms with Crippen LogP contribution in [-0.2, 0) is 9.36 Å². The van der Waals surface area contributed by atoms with Gasteiger partial charge in [0, 0.05) is 6.04 Å². The number of hydrogen-bond donors (Lipinski definition) is 5. The summed E-state index contributed by atoms with van der Waals surface area (Å²) in [6.45, 7) is 0. The molecule has 0 saturated carbocycles. The lowest BCUT2D eigenvalue weighted by atomic mass is 10.1. The maximum atomic E-state index is 10.4. The fourth-order valence-electron chi connectivity index (χ4n) is 0.807. The fourth-order valence-corrected chi connectivity index (χ4v) is 1.57. The van der Waals surface area contributed by atoms with Crippen molar-refractivity contribution in [2.75, 3.05) is 6.16 Å². The van der Waals surface area contributed by atoms with E-state index in [1.54, 1.807) is 0 Å². The van der Waals surface area contributed by atoms with E-state index in [-0.39, 0.29) is 6.42 Å². The molecule has 7 nitrogen and oxygen atoms in total. The van der Waals surface area contributed by atoms with Crippen LogP contribution in [0.1, 0.15) is 6.42 Å². The van der Waals surface area contributed by atoms with Crippen molar-refractivity contribution in [3.8, 4) is 0 Å². The van der Waals surface area contributed by atoms with Gasteiger partial charge < -0.3 is 26.4 Å². The smallest absolute Gasteiger partial charge is 0.327 e. The van der Waals surface area contributed by atoms with Gasteiger partial charge in [0.2, 0.25) is 0 Å². The highest BCUT2D eigenvalue weighted by molar-refractivity contribution is 7.51.